The molecule has 2 heterocycles. The molecule has 0 amide bonds. The summed E-state index contributed by atoms with van der Waals surface area (Å²) in [6, 6.07) is 9.34. The van der Waals surface area contributed by atoms with Gasteiger partial charge in [0.15, 0.2) is 0 Å². The van der Waals surface area contributed by atoms with Gasteiger partial charge in [0.2, 0.25) is 0 Å². The highest BCUT2D eigenvalue weighted by atomic mass is 35.5. The molecule has 1 N–H and O–H groups in total. The summed E-state index contributed by atoms with van der Waals surface area (Å²) in [4.78, 5) is 0.952. The Morgan fingerprint density at radius 3 is 2.95 bits per heavy atom. The van der Waals surface area contributed by atoms with E-state index in [0.29, 0.717) is 10.8 Å². The zero-order chi connectivity index (χ0) is 13.4. The van der Waals surface area contributed by atoms with Gasteiger partial charge in [-0.2, -0.15) is 0 Å². The maximum Gasteiger partial charge on any atom is 0.146 e. The fraction of sp³-hybridized carbons (Fsp3) is 0.200. The highest BCUT2D eigenvalue weighted by Gasteiger charge is 2.19. The van der Waals surface area contributed by atoms with Gasteiger partial charge >= 0.3 is 0 Å². The molecule has 3 aromatic rings. The first-order chi connectivity index (χ1) is 9.19. The Morgan fingerprint density at radius 2 is 2.16 bits per heavy atom. The second-order valence-corrected chi connectivity index (χ2v) is 5.78. The highest BCUT2D eigenvalue weighted by molar-refractivity contribution is 7.10. The Kier molecular flexibility index (Phi) is 3.35. The van der Waals surface area contributed by atoms with Crippen molar-refractivity contribution < 1.29 is 9.52 Å². The van der Waals surface area contributed by atoms with E-state index >= 15 is 0 Å². The van der Waals surface area contributed by atoms with Gasteiger partial charge in [-0.15, -0.1) is 11.3 Å². The molecular formula is C15H13ClO2S. The predicted molar refractivity (Wildman–Crippen MR) is 79.0 cm³/mol. The van der Waals surface area contributed by atoms with E-state index < -0.39 is 6.10 Å². The van der Waals surface area contributed by atoms with E-state index in [4.69, 9.17) is 16.0 Å². The molecule has 0 aliphatic rings. The van der Waals surface area contributed by atoms with Crippen molar-refractivity contribution >= 4 is 33.9 Å². The smallest absolute Gasteiger partial charge is 0.146 e. The molecule has 0 aliphatic heterocycles. The van der Waals surface area contributed by atoms with E-state index in [2.05, 4.69) is 6.92 Å². The monoisotopic (exact) mass is 292 g/mol. The van der Waals surface area contributed by atoms with Gasteiger partial charge in [0, 0.05) is 15.3 Å². The highest BCUT2D eigenvalue weighted by Crippen LogP contribution is 2.33. The van der Waals surface area contributed by atoms with Crippen LogP contribution in [0, 0.1) is 0 Å². The second-order valence-electron chi connectivity index (χ2n) is 4.40. The molecule has 0 spiro atoms. The molecule has 0 saturated heterocycles. The molecule has 0 bridgehead atoms. The molecule has 98 valence electrons. The zero-order valence-corrected chi connectivity index (χ0v) is 12.0. The lowest BCUT2D eigenvalue weighted by atomic mass is 10.1. The van der Waals surface area contributed by atoms with Crippen LogP contribution in [0.5, 0.6) is 0 Å². The first-order valence-corrected chi connectivity index (χ1v) is 7.38. The van der Waals surface area contributed by atoms with Crippen LogP contribution in [0.1, 0.15) is 29.2 Å². The third-order valence-corrected chi connectivity index (χ3v) is 4.42. The van der Waals surface area contributed by atoms with E-state index in [-0.39, 0.29) is 0 Å². The quantitative estimate of drug-likeness (QED) is 0.753. The number of hydrogen-bond donors (Lipinski definition) is 1. The van der Waals surface area contributed by atoms with Crippen LogP contribution in [0.3, 0.4) is 0 Å². The molecule has 0 fully saturated rings. The number of benzene rings is 1. The molecule has 2 nitrogen and oxygen atoms in total. The largest absolute Gasteiger partial charge is 0.458 e. The number of aliphatic hydroxyl groups is 1. The van der Waals surface area contributed by atoms with Gasteiger partial charge in [-0.3, -0.25) is 0 Å². The Hall–Kier alpha value is -1.29. The summed E-state index contributed by atoms with van der Waals surface area (Å²) in [6.45, 7) is 2.08. The van der Waals surface area contributed by atoms with Crippen LogP contribution < -0.4 is 0 Å². The van der Waals surface area contributed by atoms with Gasteiger partial charge < -0.3 is 9.52 Å². The van der Waals surface area contributed by atoms with Gasteiger partial charge in [0.25, 0.3) is 0 Å². The Morgan fingerprint density at radius 1 is 1.32 bits per heavy atom. The van der Waals surface area contributed by atoms with Gasteiger partial charge in [-0.1, -0.05) is 18.5 Å². The Balaban J connectivity index is 2.04. The van der Waals surface area contributed by atoms with Gasteiger partial charge in [-0.25, -0.2) is 0 Å². The van der Waals surface area contributed by atoms with E-state index in [1.54, 1.807) is 17.4 Å². The van der Waals surface area contributed by atoms with Crippen LogP contribution >= 0.6 is 22.9 Å². The first kappa shape index (κ1) is 12.7. The van der Waals surface area contributed by atoms with Crippen LogP contribution in [-0.2, 0) is 6.42 Å². The van der Waals surface area contributed by atoms with Crippen molar-refractivity contribution in [1.82, 2.24) is 0 Å². The molecule has 1 aromatic carbocycles. The molecule has 1 unspecified atom stereocenters. The number of halogens is 1. The fourth-order valence-electron chi connectivity index (χ4n) is 2.18. The van der Waals surface area contributed by atoms with Crippen LogP contribution in [-0.4, -0.2) is 5.11 Å². The number of hydrogen-bond acceptors (Lipinski definition) is 3. The maximum atomic E-state index is 10.4. The normalized spacial score (nSPS) is 13.0. The van der Waals surface area contributed by atoms with Crippen molar-refractivity contribution in [1.29, 1.82) is 0 Å². The molecular weight excluding hydrogens is 280 g/mol. The third-order valence-electron chi connectivity index (χ3n) is 3.18. The summed E-state index contributed by atoms with van der Waals surface area (Å²) < 4.78 is 5.71. The van der Waals surface area contributed by atoms with Crippen molar-refractivity contribution in [3.63, 3.8) is 0 Å². The van der Waals surface area contributed by atoms with E-state index in [1.807, 2.05) is 29.6 Å². The van der Waals surface area contributed by atoms with Gasteiger partial charge in [0.05, 0.1) is 0 Å². The minimum absolute atomic E-state index is 0.564. The minimum Gasteiger partial charge on any atom is -0.458 e. The van der Waals surface area contributed by atoms with Crippen molar-refractivity contribution in [2.75, 3.05) is 0 Å². The van der Waals surface area contributed by atoms with E-state index in [9.17, 15) is 5.11 Å². The van der Waals surface area contributed by atoms with E-state index in [0.717, 1.165) is 27.8 Å². The van der Waals surface area contributed by atoms with Crippen LogP contribution in [0.15, 0.2) is 40.1 Å². The Bertz CT molecular complexity index is 714. The molecule has 2 aromatic heterocycles. The predicted octanol–water partition coefficient (Wildman–Crippen LogP) is 4.79. The van der Waals surface area contributed by atoms with Crippen molar-refractivity contribution in [3.8, 4) is 0 Å². The van der Waals surface area contributed by atoms with E-state index in [1.165, 1.54) is 0 Å². The lowest BCUT2D eigenvalue weighted by molar-refractivity contribution is 0.195. The third kappa shape index (κ3) is 2.29. The second kappa shape index (κ2) is 5.00. The number of aryl methyl sites for hydroxylation is 1. The summed E-state index contributed by atoms with van der Waals surface area (Å²) in [7, 11) is 0. The lowest BCUT2D eigenvalue weighted by Crippen LogP contribution is -1.98. The van der Waals surface area contributed by atoms with Gasteiger partial charge in [-0.05, 0) is 47.7 Å². The van der Waals surface area contributed by atoms with Crippen LogP contribution in [0.4, 0.5) is 0 Å². The average Bonchev–Trinajstić information content (AvgIpc) is 3.03. The summed E-state index contributed by atoms with van der Waals surface area (Å²) in [5, 5.41) is 14.0. The summed E-state index contributed by atoms with van der Waals surface area (Å²) in [6.07, 6.45) is 0.197. The topological polar surface area (TPSA) is 33.4 Å². The van der Waals surface area contributed by atoms with Crippen molar-refractivity contribution in [2.45, 2.75) is 19.4 Å². The number of thiophene rings is 1. The molecule has 0 radical (unpaired) electrons. The lowest BCUT2D eigenvalue weighted by Gasteiger charge is -2.07. The zero-order valence-electron chi connectivity index (χ0n) is 10.4. The SMILES string of the molecule is CCc1ccsc1C(O)c1cc2cc(Cl)ccc2o1. The minimum atomic E-state index is -0.707. The molecule has 1 atom stereocenters. The first-order valence-electron chi connectivity index (χ1n) is 6.12. The fourth-order valence-corrected chi connectivity index (χ4v) is 3.35. The number of furan rings is 1. The molecule has 4 heteroatoms. The molecule has 0 aliphatic carbocycles. The molecule has 3 rings (SSSR count). The summed E-state index contributed by atoms with van der Waals surface area (Å²) in [5.41, 5.74) is 1.91. The maximum absolute atomic E-state index is 10.4. The number of aliphatic hydroxyl groups excluding tert-OH is 1. The summed E-state index contributed by atoms with van der Waals surface area (Å²) >= 11 is 7.51. The number of rotatable bonds is 3. The van der Waals surface area contributed by atoms with Gasteiger partial charge in [0.1, 0.15) is 17.4 Å². The summed E-state index contributed by atoms with van der Waals surface area (Å²) in [5.74, 6) is 0.564. The Labute approximate surface area is 120 Å². The van der Waals surface area contributed by atoms with Crippen LogP contribution in [0.25, 0.3) is 11.0 Å². The molecule has 19 heavy (non-hydrogen) atoms. The number of fused-ring (bicyclic) bond motifs is 1. The van der Waals surface area contributed by atoms with Crippen molar-refractivity contribution in [2.24, 2.45) is 0 Å². The average molecular weight is 293 g/mol. The van der Waals surface area contributed by atoms with Crippen LogP contribution in [0.2, 0.25) is 5.02 Å². The van der Waals surface area contributed by atoms with Crippen molar-refractivity contribution in [3.05, 3.63) is 56.9 Å². The molecule has 0 saturated carbocycles. The standard InChI is InChI=1S/C15H13ClO2S/c1-2-9-5-6-19-15(9)14(17)13-8-10-7-11(16)3-4-12(10)18-13/h3-8,14,17H,2H2,1H3.